The molecule has 30 heavy (non-hydrogen) atoms. The third kappa shape index (κ3) is 4.06. The van der Waals surface area contributed by atoms with Gasteiger partial charge in [0, 0.05) is 24.0 Å². The molecule has 0 bridgehead atoms. The number of rotatable bonds is 4. The molecule has 8 atom stereocenters. The van der Waals surface area contributed by atoms with Gasteiger partial charge >= 0.3 is 0 Å². The van der Waals surface area contributed by atoms with Crippen molar-refractivity contribution < 1.29 is 13.6 Å². The maximum atomic E-state index is 12.9. The lowest BCUT2D eigenvalue weighted by Gasteiger charge is -2.63. The first kappa shape index (κ1) is 23.2. The molecule has 0 aromatic heterocycles. The molecule has 4 aliphatic rings. The Hall–Kier alpha value is 0.0238. The van der Waals surface area contributed by atoms with Crippen LogP contribution in [0.3, 0.4) is 0 Å². The molecule has 0 heterocycles. The fourth-order valence-corrected chi connectivity index (χ4v) is 10.5. The topological polar surface area (TPSA) is 35.5 Å². The molecule has 5 heteroatoms. The fourth-order valence-electron chi connectivity index (χ4n) is 8.11. The standard InChI is InChI=1S/C25H46O3Si2/c1-24-13-11-18(27-29(3,4)5)15-17(24)16-21(28-30(6,7)8)23-19-9-10-22(26)25(19,2)14-12-20(23)24/h17-21,23H,9-16H2,1-8H3. The Balaban J connectivity index is 1.64. The molecule has 0 aromatic carbocycles. The van der Waals surface area contributed by atoms with Gasteiger partial charge in [0.1, 0.15) is 5.78 Å². The summed E-state index contributed by atoms with van der Waals surface area (Å²) < 4.78 is 13.6. The van der Waals surface area contributed by atoms with Crippen LogP contribution >= 0.6 is 0 Å². The maximum Gasteiger partial charge on any atom is 0.184 e. The second-order valence-electron chi connectivity index (χ2n) is 13.5. The molecule has 3 nitrogen and oxygen atoms in total. The van der Waals surface area contributed by atoms with Crippen LogP contribution in [0, 0.1) is 34.5 Å². The van der Waals surface area contributed by atoms with E-state index in [1.165, 1.54) is 32.1 Å². The molecule has 0 aromatic rings. The maximum absolute atomic E-state index is 12.9. The van der Waals surface area contributed by atoms with Crippen LogP contribution in [0.1, 0.15) is 65.2 Å². The van der Waals surface area contributed by atoms with Crippen molar-refractivity contribution >= 4 is 22.4 Å². The van der Waals surface area contributed by atoms with Gasteiger partial charge in [0.15, 0.2) is 16.6 Å². The zero-order chi connectivity index (χ0) is 22.1. The summed E-state index contributed by atoms with van der Waals surface area (Å²) in [5.74, 6) is 3.08. The van der Waals surface area contributed by atoms with Crippen LogP contribution in [0.15, 0.2) is 0 Å². The largest absolute Gasteiger partial charge is 0.415 e. The predicted molar refractivity (Wildman–Crippen MR) is 129 cm³/mol. The normalized spacial score (nSPS) is 46.9. The summed E-state index contributed by atoms with van der Waals surface area (Å²) in [5.41, 5.74) is 0.319. The number of fused-ring (bicyclic) bond motifs is 5. The van der Waals surface area contributed by atoms with E-state index in [4.69, 9.17) is 8.85 Å². The van der Waals surface area contributed by atoms with E-state index in [0.29, 0.717) is 41.2 Å². The van der Waals surface area contributed by atoms with Crippen molar-refractivity contribution in [2.75, 3.05) is 0 Å². The summed E-state index contributed by atoms with van der Waals surface area (Å²) in [4.78, 5) is 12.9. The van der Waals surface area contributed by atoms with Crippen LogP contribution in [-0.2, 0) is 13.6 Å². The van der Waals surface area contributed by atoms with Gasteiger partial charge in [-0.25, -0.2) is 0 Å². The van der Waals surface area contributed by atoms with Gasteiger partial charge in [-0.15, -0.1) is 0 Å². The Morgan fingerprint density at radius 1 is 0.833 bits per heavy atom. The van der Waals surface area contributed by atoms with E-state index in [-0.39, 0.29) is 5.41 Å². The van der Waals surface area contributed by atoms with E-state index in [2.05, 4.69) is 53.1 Å². The van der Waals surface area contributed by atoms with Gasteiger partial charge in [0.2, 0.25) is 0 Å². The molecular weight excluding hydrogens is 404 g/mol. The zero-order valence-electron chi connectivity index (χ0n) is 20.8. The second kappa shape index (κ2) is 7.53. The van der Waals surface area contributed by atoms with Gasteiger partial charge < -0.3 is 8.85 Å². The van der Waals surface area contributed by atoms with E-state index < -0.39 is 16.6 Å². The molecule has 4 rings (SSSR count). The molecule has 4 saturated carbocycles. The van der Waals surface area contributed by atoms with Crippen molar-refractivity contribution in [3.63, 3.8) is 0 Å². The fraction of sp³-hybridized carbons (Fsp3) is 0.960. The van der Waals surface area contributed by atoms with Crippen LogP contribution in [0.4, 0.5) is 0 Å². The summed E-state index contributed by atoms with van der Waals surface area (Å²) in [6, 6.07) is 0. The molecule has 0 spiro atoms. The van der Waals surface area contributed by atoms with Crippen LogP contribution in [0.5, 0.6) is 0 Å². The van der Waals surface area contributed by atoms with Crippen LogP contribution < -0.4 is 0 Å². The molecular formula is C25H46O3Si2. The zero-order valence-corrected chi connectivity index (χ0v) is 22.8. The first-order chi connectivity index (χ1) is 13.7. The highest BCUT2D eigenvalue weighted by Gasteiger charge is 2.63. The Morgan fingerprint density at radius 3 is 2.13 bits per heavy atom. The molecule has 4 fully saturated rings. The summed E-state index contributed by atoms with van der Waals surface area (Å²) >= 11 is 0. The first-order valence-corrected chi connectivity index (χ1v) is 19.4. The Bertz CT molecular complexity index is 681. The monoisotopic (exact) mass is 450 g/mol. The van der Waals surface area contributed by atoms with Crippen LogP contribution in [0.2, 0.25) is 39.3 Å². The predicted octanol–water partition coefficient (Wildman–Crippen LogP) is 6.65. The number of ketones is 1. The third-order valence-electron chi connectivity index (χ3n) is 9.35. The lowest BCUT2D eigenvalue weighted by atomic mass is 9.44. The molecule has 0 saturated heterocycles. The van der Waals surface area contributed by atoms with Crippen molar-refractivity contribution in [3.8, 4) is 0 Å². The Labute approximate surface area is 187 Å². The minimum atomic E-state index is -1.65. The average molecular weight is 451 g/mol. The lowest BCUT2D eigenvalue weighted by Crippen LogP contribution is -2.60. The molecule has 8 unspecified atom stereocenters. The van der Waals surface area contributed by atoms with Crippen molar-refractivity contribution in [2.45, 2.75) is 117 Å². The highest BCUT2D eigenvalue weighted by Crippen LogP contribution is 2.66. The molecule has 0 radical (unpaired) electrons. The van der Waals surface area contributed by atoms with Crippen LogP contribution in [-0.4, -0.2) is 34.6 Å². The van der Waals surface area contributed by atoms with Gasteiger partial charge in [0.05, 0.1) is 0 Å². The molecule has 172 valence electrons. The SMILES string of the molecule is CC12CCC3C(C(O[Si](C)(C)C)CC4CC(O[Si](C)(C)C)CCC43C)C1CCC2=O. The highest BCUT2D eigenvalue weighted by molar-refractivity contribution is 6.70. The molecule has 0 amide bonds. The first-order valence-electron chi connectivity index (χ1n) is 12.6. The second-order valence-corrected chi connectivity index (χ2v) is 22.5. The van der Waals surface area contributed by atoms with Crippen molar-refractivity contribution in [3.05, 3.63) is 0 Å². The number of Topliss-reactive ketones (excluding diaryl/α,β-unsaturated/α-hetero) is 1. The molecule has 4 aliphatic carbocycles. The quantitative estimate of drug-likeness (QED) is 0.450. The van der Waals surface area contributed by atoms with E-state index in [0.717, 1.165) is 25.2 Å². The highest BCUT2D eigenvalue weighted by atomic mass is 28.4. The third-order valence-corrected chi connectivity index (χ3v) is 11.4. The van der Waals surface area contributed by atoms with Gasteiger partial charge in [0.25, 0.3) is 0 Å². The van der Waals surface area contributed by atoms with Gasteiger partial charge in [-0.05, 0) is 113 Å². The minimum Gasteiger partial charge on any atom is -0.415 e. The minimum absolute atomic E-state index is 0.0798. The molecule has 0 aliphatic heterocycles. The lowest BCUT2D eigenvalue weighted by molar-refractivity contribution is -0.166. The Kier molecular flexibility index (Phi) is 5.82. The van der Waals surface area contributed by atoms with Crippen molar-refractivity contribution in [2.24, 2.45) is 34.5 Å². The number of carbonyl (C=O) groups excluding carboxylic acids is 1. The smallest absolute Gasteiger partial charge is 0.184 e. The van der Waals surface area contributed by atoms with Crippen molar-refractivity contribution in [1.29, 1.82) is 0 Å². The summed E-state index contributed by atoms with van der Waals surface area (Å²) in [5, 5.41) is 0. The van der Waals surface area contributed by atoms with E-state index in [1.807, 2.05) is 0 Å². The number of hydrogen-bond donors (Lipinski definition) is 0. The van der Waals surface area contributed by atoms with E-state index >= 15 is 0 Å². The van der Waals surface area contributed by atoms with Crippen molar-refractivity contribution in [1.82, 2.24) is 0 Å². The van der Waals surface area contributed by atoms with E-state index in [1.54, 1.807) is 0 Å². The molecule has 0 N–H and O–H groups in total. The van der Waals surface area contributed by atoms with Gasteiger partial charge in [-0.1, -0.05) is 13.8 Å². The van der Waals surface area contributed by atoms with Gasteiger partial charge in [-0.3, -0.25) is 4.79 Å². The summed E-state index contributed by atoms with van der Waals surface area (Å²) in [6.45, 7) is 18.9. The average Bonchev–Trinajstić information content (AvgIpc) is 2.89. The van der Waals surface area contributed by atoms with Gasteiger partial charge in [-0.2, -0.15) is 0 Å². The Morgan fingerprint density at radius 2 is 1.50 bits per heavy atom. The van der Waals surface area contributed by atoms with Crippen LogP contribution in [0.25, 0.3) is 0 Å². The number of hydrogen-bond acceptors (Lipinski definition) is 3. The van der Waals surface area contributed by atoms with E-state index in [9.17, 15) is 4.79 Å². The number of carbonyl (C=O) groups is 1. The summed E-state index contributed by atoms with van der Waals surface area (Å²) in [6.07, 6.45) is 9.95. The summed E-state index contributed by atoms with van der Waals surface area (Å²) in [7, 11) is -3.16.